The summed E-state index contributed by atoms with van der Waals surface area (Å²) in [6.45, 7) is 0.470. The number of aromatic carboxylic acids is 1. The van der Waals surface area contributed by atoms with Crippen LogP contribution in [0.15, 0.2) is 80.4 Å². The first-order valence-corrected chi connectivity index (χ1v) is 10.6. The first-order valence-electron chi connectivity index (χ1n) is 9.00. The van der Waals surface area contributed by atoms with Crippen molar-refractivity contribution in [1.29, 1.82) is 0 Å². The van der Waals surface area contributed by atoms with Crippen molar-refractivity contribution in [2.45, 2.75) is 13.0 Å². The maximum Gasteiger partial charge on any atom is 0.372 e. The number of halogens is 2. The molecule has 0 aliphatic heterocycles. The van der Waals surface area contributed by atoms with E-state index in [0.29, 0.717) is 12.1 Å². The Kier molecular flexibility index (Phi) is 5.74. The van der Waals surface area contributed by atoms with Crippen molar-refractivity contribution in [2.75, 3.05) is 0 Å². The van der Waals surface area contributed by atoms with Crippen molar-refractivity contribution in [2.24, 2.45) is 0 Å². The summed E-state index contributed by atoms with van der Waals surface area (Å²) in [7, 11) is 0. The summed E-state index contributed by atoms with van der Waals surface area (Å²) in [6, 6.07) is 16.1. The van der Waals surface area contributed by atoms with Crippen LogP contribution >= 0.6 is 31.9 Å². The lowest BCUT2D eigenvalue weighted by Crippen LogP contribution is -2.03. The van der Waals surface area contributed by atoms with Crippen LogP contribution in [0.1, 0.15) is 27.2 Å². The van der Waals surface area contributed by atoms with Gasteiger partial charge in [0.2, 0.25) is 5.76 Å². The lowest BCUT2D eigenvalue weighted by Gasteiger charge is -2.05. The highest BCUT2D eigenvalue weighted by Crippen LogP contribution is 2.24. The summed E-state index contributed by atoms with van der Waals surface area (Å²) in [4.78, 5) is 11.0. The zero-order chi connectivity index (χ0) is 20.4. The molecule has 4 nitrogen and oxygen atoms in total. The van der Waals surface area contributed by atoms with Crippen LogP contribution in [0.25, 0.3) is 17.0 Å². The van der Waals surface area contributed by atoms with E-state index in [9.17, 15) is 4.79 Å². The number of benzene rings is 2. The smallest absolute Gasteiger partial charge is 0.372 e. The minimum atomic E-state index is -1.04. The van der Waals surface area contributed by atoms with Gasteiger partial charge in [-0.15, -0.1) is 0 Å². The van der Waals surface area contributed by atoms with Gasteiger partial charge in [-0.25, -0.2) is 4.79 Å². The number of aromatic nitrogens is 1. The first-order chi connectivity index (χ1) is 14.0. The zero-order valence-electron chi connectivity index (χ0n) is 15.3. The molecule has 0 saturated heterocycles. The summed E-state index contributed by atoms with van der Waals surface area (Å²) < 4.78 is 9.15. The molecule has 2 aromatic carbocycles. The minimum absolute atomic E-state index is 0.00292. The number of fused-ring (bicyclic) bond motifs is 2. The maximum absolute atomic E-state index is 11.0. The molecule has 0 bridgehead atoms. The number of hydrogen-bond donors (Lipinski definition) is 1. The van der Waals surface area contributed by atoms with Crippen LogP contribution in [0.4, 0.5) is 0 Å². The molecule has 0 radical (unpaired) electrons. The average molecular weight is 515 g/mol. The van der Waals surface area contributed by atoms with Gasteiger partial charge in [0.05, 0.1) is 12.8 Å². The Bertz CT molecular complexity index is 1220. The van der Waals surface area contributed by atoms with E-state index in [1.165, 1.54) is 21.9 Å². The fourth-order valence-corrected chi connectivity index (χ4v) is 4.11. The molecule has 0 spiro atoms. The second-order valence-electron chi connectivity index (χ2n) is 6.68. The molecule has 6 heteroatoms. The summed E-state index contributed by atoms with van der Waals surface area (Å²) in [5, 5.41) is 10.1. The summed E-state index contributed by atoms with van der Waals surface area (Å²) in [5.74, 6) is -1.05. The standard InChI is InChI=1S/C14H10BrNO3.C9H7Br/c15-11-2-1-9-3-5-16(12(9)7-11)8-10-4-6-19-13(10)14(17)18;10-9-5-4-7-2-1-3-8(7)6-9/h1-7H,8H2,(H,17,18);1-2,4-6H,3H2. The third-order valence-corrected chi connectivity index (χ3v) is 5.74. The average Bonchev–Trinajstić information content (AvgIpc) is 3.42. The van der Waals surface area contributed by atoms with Crippen LogP contribution in [-0.4, -0.2) is 15.6 Å². The molecule has 2 heterocycles. The number of furan rings is 1. The second kappa shape index (κ2) is 8.43. The number of hydrogen-bond acceptors (Lipinski definition) is 2. The summed E-state index contributed by atoms with van der Waals surface area (Å²) in [6.07, 6.45) is 8.80. The van der Waals surface area contributed by atoms with Crippen LogP contribution in [-0.2, 0) is 13.0 Å². The molecule has 0 saturated carbocycles. The molecule has 0 unspecified atom stereocenters. The van der Waals surface area contributed by atoms with Gasteiger partial charge in [0, 0.05) is 26.2 Å². The number of rotatable bonds is 3. The van der Waals surface area contributed by atoms with Crippen molar-refractivity contribution in [1.82, 2.24) is 4.57 Å². The monoisotopic (exact) mass is 513 g/mol. The Morgan fingerprint density at radius 2 is 1.86 bits per heavy atom. The van der Waals surface area contributed by atoms with Crippen molar-refractivity contribution >= 4 is 54.8 Å². The van der Waals surface area contributed by atoms with Crippen molar-refractivity contribution in [3.05, 3.63) is 98.5 Å². The SMILES string of the molecule is Brc1ccc2c(c1)CC=C2.O=C(O)c1occc1Cn1ccc2ccc(Br)cc21. The molecular formula is C23H17Br2NO3. The first kappa shape index (κ1) is 19.7. The van der Waals surface area contributed by atoms with Gasteiger partial charge in [-0.1, -0.05) is 56.1 Å². The maximum atomic E-state index is 11.0. The number of carboxylic acids is 1. The van der Waals surface area contributed by atoms with Gasteiger partial charge in [0.25, 0.3) is 0 Å². The predicted octanol–water partition coefficient (Wildman–Crippen LogP) is 6.76. The molecule has 1 aliphatic carbocycles. The quantitative estimate of drug-likeness (QED) is 0.328. The summed E-state index contributed by atoms with van der Waals surface area (Å²) in [5.41, 5.74) is 4.49. The highest BCUT2D eigenvalue weighted by Gasteiger charge is 2.14. The lowest BCUT2D eigenvalue weighted by atomic mass is 10.1. The van der Waals surface area contributed by atoms with Gasteiger partial charge in [0.15, 0.2) is 0 Å². The van der Waals surface area contributed by atoms with Crippen molar-refractivity contribution < 1.29 is 14.3 Å². The Labute approximate surface area is 184 Å². The van der Waals surface area contributed by atoms with Gasteiger partial charge in [-0.05, 0) is 59.3 Å². The van der Waals surface area contributed by atoms with E-state index in [1.54, 1.807) is 6.07 Å². The molecule has 0 atom stereocenters. The largest absolute Gasteiger partial charge is 0.475 e. The third-order valence-electron chi connectivity index (χ3n) is 4.76. The van der Waals surface area contributed by atoms with Gasteiger partial charge in [0.1, 0.15) is 0 Å². The minimum Gasteiger partial charge on any atom is -0.475 e. The number of carbonyl (C=O) groups is 1. The van der Waals surface area contributed by atoms with E-state index in [4.69, 9.17) is 9.52 Å². The van der Waals surface area contributed by atoms with E-state index in [1.807, 2.05) is 35.0 Å². The Balaban J connectivity index is 0.000000171. The van der Waals surface area contributed by atoms with Crippen LogP contribution in [0, 0.1) is 0 Å². The zero-order valence-corrected chi connectivity index (χ0v) is 18.5. The van der Waals surface area contributed by atoms with Crippen LogP contribution in [0.2, 0.25) is 0 Å². The number of carboxylic acid groups (broad SMARTS) is 1. The summed E-state index contributed by atoms with van der Waals surface area (Å²) >= 11 is 6.88. The van der Waals surface area contributed by atoms with E-state index in [-0.39, 0.29) is 5.76 Å². The van der Waals surface area contributed by atoms with Crippen molar-refractivity contribution in [3.63, 3.8) is 0 Å². The highest BCUT2D eigenvalue weighted by molar-refractivity contribution is 9.10. The van der Waals surface area contributed by atoms with E-state index in [2.05, 4.69) is 62.2 Å². The van der Waals surface area contributed by atoms with E-state index >= 15 is 0 Å². The van der Waals surface area contributed by atoms with Crippen molar-refractivity contribution in [3.8, 4) is 0 Å². The van der Waals surface area contributed by atoms with E-state index < -0.39 is 5.97 Å². The second-order valence-corrected chi connectivity index (χ2v) is 8.51. The molecule has 146 valence electrons. The molecule has 2 aromatic heterocycles. The van der Waals surface area contributed by atoms with Crippen LogP contribution < -0.4 is 0 Å². The fourth-order valence-electron chi connectivity index (χ4n) is 3.35. The molecule has 0 fully saturated rings. The number of allylic oxidation sites excluding steroid dienone is 1. The topological polar surface area (TPSA) is 55.4 Å². The molecule has 5 rings (SSSR count). The van der Waals surface area contributed by atoms with Crippen LogP contribution in [0.5, 0.6) is 0 Å². The Morgan fingerprint density at radius 1 is 1.07 bits per heavy atom. The molecule has 4 aromatic rings. The lowest BCUT2D eigenvalue weighted by molar-refractivity contribution is 0.0660. The van der Waals surface area contributed by atoms with Crippen LogP contribution in [0.3, 0.4) is 0 Å². The normalized spacial score (nSPS) is 11.9. The fraction of sp³-hybridized carbons (Fsp3) is 0.0870. The molecule has 0 amide bonds. The Morgan fingerprint density at radius 3 is 2.69 bits per heavy atom. The van der Waals surface area contributed by atoms with Gasteiger partial charge in [-0.2, -0.15) is 0 Å². The molecule has 1 N–H and O–H groups in total. The van der Waals surface area contributed by atoms with Gasteiger partial charge >= 0.3 is 5.97 Å². The van der Waals surface area contributed by atoms with E-state index in [0.717, 1.165) is 21.8 Å². The van der Waals surface area contributed by atoms with Gasteiger partial charge < -0.3 is 14.1 Å². The molecule has 29 heavy (non-hydrogen) atoms. The molecule has 1 aliphatic rings. The number of nitrogens with zero attached hydrogens (tertiary/aromatic N) is 1. The third kappa shape index (κ3) is 4.38. The highest BCUT2D eigenvalue weighted by atomic mass is 79.9. The van der Waals surface area contributed by atoms with Gasteiger partial charge in [-0.3, -0.25) is 0 Å². The molecular weight excluding hydrogens is 498 g/mol. The predicted molar refractivity (Wildman–Crippen MR) is 121 cm³/mol. The Hall–Kier alpha value is -2.57.